The predicted molar refractivity (Wildman–Crippen MR) is 57.9 cm³/mol. The molecule has 0 fully saturated rings. The van der Waals surface area contributed by atoms with Crippen molar-refractivity contribution in [1.82, 2.24) is 0 Å². The van der Waals surface area contributed by atoms with Crippen molar-refractivity contribution in [3.63, 3.8) is 0 Å². The molecule has 0 aromatic heterocycles. The number of hydrogen-bond acceptors (Lipinski definition) is 5. The molecule has 1 rings (SSSR count). The third-order valence-electron chi connectivity index (χ3n) is 2.33. The Bertz CT molecular complexity index is 477. The van der Waals surface area contributed by atoms with Gasteiger partial charge in [0, 0.05) is 5.56 Å². The van der Waals surface area contributed by atoms with Crippen molar-refractivity contribution in [2.45, 2.75) is 12.2 Å². The average Bonchev–Trinajstić information content (AvgIpc) is 2.36. The lowest BCUT2D eigenvalue weighted by molar-refractivity contribution is -0.132. The van der Waals surface area contributed by atoms with Gasteiger partial charge in [-0.2, -0.15) is 0 Å². The smallest absolute Gasteiger partial charge is 0.337 e. The quantitative estimate of drug-likeness (QED) is 0.629. The predicted octanol–water partition coefficient (Wildman–Crippen LogP) is -0.508. The third-order valence-corrected chi connectivity index (χ3v) is 2.33. The number of ether oxygens (including phenoxy) is 1. The standard InChI is InChI=1S/C11H12FNO5/c1-18-11(17)5-2-3-7(12)6(4-5)8(14)9(15)10(13)16/h2-4,8-9,14-15H,1H3,(H2,13,16). The van der Waals surface area contributed by atoms with Crippen LogP contribution in [0.5, 0.6) is 0 Å². The molecule has 1 amide bonds. The Morgan fingerprint density at radius 2 is 2.00 bits per heavy atom. The van der Waals surface area contributed by atoms with Crippen LogP contribution < -0.4 is 5.73 Å². The minimum Gasteiger partial charge on any atom is -0.465 e. The van der Waals surface area contributed by atoms with E-state index in [1.165, 1.54) is 0 Å². The van der Waals surface area contributed by atoms with Crippen LogP contribution in [0, 0.1) is 5.82 Å². The van der Waals surface area contributed by atoms with Gasteiger partial charge in [-0.05, 0) is 18.2 Å². The van der Waals surface area contributed by atoms with Crippen LogP contribution in [-0.4, -0.2) is 35.3 Å². The topological polar surface area (TPSA) is 110 Å². The van der Waals surface area contributed by atoms with Crippen molar-refractivity contribution >= 4 is 11.9 Å². The minimum absolute atomic E-state index is 0.0235. The van der Waals surface area contributed by atoms with Crippen molar-refractivity contribution in [3.05, 3.63) is 35.1 Å². The molecular weight excluding hydrogens is 245 g/mol. The molecule has 0 saturated carbocycles. The summed E-state index contributed by atoms with van der Waals surface area (Å²) in [6.07, 6.45) is -3.82. The lowest BCUT2D eigenvalue weighted by Gasteiger charge is -2.16. The van der Waals surface area contributed by atoms with Crippen LogP contribution >= 0.6 is 0 Å². The van der Waals surface area contributed by atoms with Crippen molar-refractivity contribution < 1.29 is 28.9 Å². The van der Waals surface area contributed by atoms with E-state index in [0.29, 0.717) is 0 Å². The number of carbonyl (C=O) groups is 2. The minimum atomic E-state index is -1.97. The van der Waals surface area contributed by atoms with E-state index in [0.717, 1.165) is 25.3 Å². The number of carbonyl (C=O) groups excluding carboxylic acids is 2. The largest absolute Gasteiger partial charge is 0.465 e. The summed E-state index contributed by atoms with van der Waals surface area (Å²) in [6.45, 7) is 0. The fourth-order valence-electron chi connectivity index (χ4n) is 1.34. The highest BCUT2D eigenvalue weighted by Gasteiger charge is 2.26. The zero-order valence-electron chi connectivity index (χ0n) is 9.46. The monoisotopic (exact) mass is 257 g/mol. The van der Waals surface area contributed by atoms with Gasteiger partial charge in [0.1, 0.15) is 11.9 Å². The summed E-state index contributed by atoms with van der Waals surface area (Å²) >= 11 is 0. The first-order valence-electron chi connectivity index (χ1n) is 4.91. The van der Waals surface area contributed by atoms with Gasteiger partial charge in [0.25, 0.3) is 0 Å². The molecule has 98 valence electrons. The Balaban J connectivity index is 3.15. The maximum atomic E-state index is 13.4. The van der Waals surface area contributed by atoms with E-state index in [-0.39, 0.29) is 5.56 Å². The Kier molecular flexibility index (Phi) is 4.35. The van der Waals surface area contributed by atoms with E-state index in [9.17, 15) is 24.2 Å². The summed E-state index contributed by atoms with van der Waals surface area (Å²) < 4.78 is 17.9. The summed E-state index contributed by atoms with van der Waals surface area (Å²) in [7, 11) is 1.14. The second kappa shape index (κ2) is 5.56. The highest BCUT2D eigenvalue weighted by Crippen LogP contribution is 2.22. The zero-order chi connectivity index (χ0) is 13.9. The highest BCUT2D eigenvalue weighted by atomic mass is 19.1. The van der Waals surface area contributed by atoms with Crippen LogP contribution in [0.4, 0.5) is 4.39 Å². The highest BCUT2D eigenvalue weighted by molar-refractivity contribution is 5.89. The van der Waals surface area contributed by atoms with Gasteiger partial charge in [0.15, 0.2) is 6.10 Å². The molecule has 1 aromatic carbocycles. The normalized spacial score (nSPS) is 13.8. The van der Waals surface area contributed by atoms with Gasteiger partial charge >= 0.3 is 5.97 Å². The van der Waals surface area contributed by atoms with E-state index in [1.807, 2.05) is 0 Å². The van der Waals surface area contributed by atoms with Gasteiger partial charge in [0.05, 0.1) is 12.7 Å². The van der Waals surface area contributed by atoms with E-state index in [1.54, 1.807) is 0 Å². The summed E-state index contributed by atoms with van der Waals surface area (Å²) in [5.41, 5.74) is 4.35. The summed E-state index contributed by atoms with van der Waals surface area (Å²) in [5.74, 6) is -2.82. The summed E-state index contributed by atoms with van der Waals surface area (Å²) in [6, 6.07) is 3.05. The second-order valence-corrected chi connectivity index (χ2v) is 3.52. The fourth-order valence-corrected chi connectivity index (χ4v) is 1.34. The summed E-state index contributed by atoms with van der Waals surface area (Å²) in [5, 5.41) is 18.8. The maximum absolute atomic E-state index is 13.4. The van der Waals surface area contributed by atoms with Crippen LogP contribution in [0.1, 0.15) is 22.0 Å². The van der Waals surface area contributed by atoms with E-state index < -0.39 is 35.5 Å². The number of primary amides is 1. The number of rotatable bonds is 4. The Hall–Kier alpha value is -1.99. The third kappa shape index (κ3) is 2.82. The molecule has 2 atom stereocenters. The van der Waals surface area contributed by atoms with Crippen LogP contribution in [0.3, 0.4) is 0 Å². The number of nitrogens with two attached hydrogens (primary N) is 1. The molecular formula is C11H12FNO5. The van der Waals surface area contributed by atoms with Gasteiger partial charge in [-0.15, -0.1) is 0 Å². The first kappa shape index (κ1) is 14.1. The molecule has 7 heteroatoms. The molecule has 6 nitrogen and oxygen atoms in total. The number of halogens is 1. The number of aliphatic hydroxyl groups is 2. The van der Waals surface area contributed by atoms with Crippen LogP contribution in [0.25, 0.3) is 0 Å². The molecule has 0 aliphatic carbocycles. The van der Waals surface area contributed by atoms with Gasteiger partial charge in [-0.1, -0.05) is 0 Å². The SMILES string of the molecule is COC(=O)c1ccc(F)c(C(O)C(O)C(N)=O)c1. The van der Waals surface area contributed by atoms with Crippen LogP contribution in [-0.2, 0) is 9.53 Å². The second-order valence-electron chi connectivity index (χ2n) is 3.52. The molecule has 0 bridgehead atoms. The first-order chi connectivity index (χ1) is 8.38. The molecule has 0 saturated heterocycles. The molecule has 0 spiro atoms. The Labute approximate surface area is 102 Å². The Morgan fingerprint density at radius 1 is 1.39 bits per heavy atom. The number of methoxy groups -OCH3 is 1. The van der Waals surface area contributed by atoms with Gasteiger partial charge in [-0.3, -0.25) is 4.79 Å². The molecule has 18 heavy (non-hydrogen) atoms. The molecule has 4 N–H and O–H groups in total. The molecule has 0 heterocycles. The van der Waals surface area contributed by atoms with Crippen molar-refractivity contribution in [3.8, 4) is 0 Å². The van der Waals surface area contributed by atoms with Crippen molar-refractivity contribution in [2.75, 3.05) is 7.11 Å². The lowest BCUT2D eigenvalue weighted by Crippen LogP contribution is -2.34. The van der Waals surface area contributed by atoms with Gasteiger partial charge in [-0.25, -0.2) is 9.18 Å². The number of hydrogen-bond donors (Lipinski definition) is 3. The van der Waals surface area contributed by atoms with Crippen LogP contribution in [0.15, 0.2) is 18.2 Å². The average molecular weight is 257 g/mol. The lowest BCUT2D eigenvalue weighted by atomic mass is 10.0. The molecule has 0 radical (unpaired) electrons. The number of esters is 1. The number of aliphatic hydroxyl groups excluding tert-OH is 2. The van der Waals surface area contributed by atoms with Gasteiger partial charge in [0.2, 0.25) is 5.91 Å². The molecule has 1 aromatic rings. The first-order valence-corrected chi connectivity index (χ1v) is 4.91. The van der Waals surface area contributed by atoms with E-state index in [2.05, 4.69) is 4.74 Å². The molecule has 0 aliphatic heterocycles. The number of benzene rings is 1. The molecule has 2 unspecified atom stereocenters. The zero-order valence-corrected chi connectivity index (χ0v) is 9.46. The van der Waals surface area contributed by atoms with Gasteiger partial charge < -0.3 is 20.7 Å². The van der Waals surface area contributed by atoms with E-state index in [4.69, 9.17) is 5.73 Å². The Morgan fingerprint density at radius 3 is 2.50 bits per heavy atom. The van der Waals surface area contributed by atoms with Crippen molar-refractivity contribution in [2.24, 2.45) is 5.73 Å². The number of amides is 1. The summed E-state index contributed by atoms with van der Waals surface area (Å²) in [4.78, 5) is 21.9. The fraction of sp³-hybridized carbons (Fsp3) is 0.273. The molecule has 0 aliphatic rings. The maximum Gasteiger partial charge on any atom is 0.337 e. The van der Waals surface area contributed by atoms with Crippen molar-refractivity contribution in [1.29, 1.82) is 0 Å². The van der Waals surface area contributed by atoms with Crippen LogP contribution in [0.2, 0.25) is 0 Å². The van der Waals surface area contributed by atoms with E-state index >= 15 is 0 Å².